The predicted octanol–water partition coefficient (Wildman–Crippen LogP) is 4.70. The minimum atomic E-state index is 0.0531. The minimum Gasteiger partial charge on any atom is -0.219 e. The maximum Gasteiger partial charge on any atom is 0.00628 e. The molecule has 106 valence electrons. The van der Waals surface area contributed by atoms with Gasteiger partial charge in [-0.25, -0.2) is 9.56 Å². The van der Waals surface area contributed by atoms with Crippen molar-refractivity contribution in [2.75, 3.05) is 14.1 Å². The Kier molecular flexibility index (Phi) is 5.10. The second-order valence-corrected chi connectivity index (χ2v) is 12.5. The van der Waals surface area contributed by atoms with E-state index in [1.807, 2.05) is 0 Å². The Morgan fingerprint density at radius 1 is 0.611 bits per heavy atom. The van der Waals surface area contributed by atoms with Crippen molar-refractivity contribution in [2.24, 2.45) is 0 Å². The quantitative estimate of drug-likeness (QED) is 0.548. The molecule has 0 spiro atoms. The predicted molar refractivity (Wildman–Crippen MR) is 85.7 cm³/mol. The third-order valence-electron chi connectivity index (χ3n) is 4.90. The van der Waals surface area contributed by atoms with Gasteiger partial charge in [-0.2, -0.15) is 0 Å². The Balaban J connectivity index is 2.06. The lowest BCUT2D eigenvalue weighted by Gasteiger charge is -2.43. The summed E-state index contributed by atoms with van der Waals surface area (Å²) in [6, 6.07) is 0. The van der Waals surface area contributed by atoms with E-state index < -0.39 is 0 Å². The zero-order valence-corrected chi connectivity index (χ0v) is 14.7. The van der Waals surface area contributed by atoms with Gasteiger partial charge in [0.1, 0.15) is 0 Å². The summed E-state index contributed by atoms with van der Waals surface area (Å²) in [6.45, 7) is 9.87. The van der Waals surface area contributed by atoms with E-state index in [0.29, 0.717) is 0 Å². The summed E-state index contributed by atoms with van der Waals surface area (Å²) in [6.07, 6.45) is 5.75. The molecule has 0 amide bonds. The maximum absolute atomic E-state index is 2.67. The highest BCUT2D eigenvalue weighted by Gasteiger charge is 2.40. The Morgan fingerprint density at radius 3 is 1.06 bits per heavy atom. The molecular formula is C14H30N2P2. The molecule has 2 aliphatic rings. The van der Waals surface area contributed by atoms with Crippen LogP contribution in [0.3, 0.4) is 0 Å². The summed E-state index contributed by atoms with van der Waals surface area (Å²) in [5.74, 6) is 0. The fourth-order valence-electron chi connectivity index (χ4n) is 3.80. The van der Waals surface area contributed by atoms with Crippen molar-refractivity contribution in [2.45, 2.75) is 76.0 Å². The molecule has 2 rings (SSSR count). The first-order chi connectivity index (χ1) is 8.43. The first-order valence-corrected chi connectivity index (χ1v) is 10.3. The second kappa shape index (κ2) is 6.04. The van der Waals surface area contributed by atoms with Gasteiger partial charge in [0.05, 0.1) is 0 Å². The van der Waals surface area contributed by atoms with Crippen LogP contribution in [0, 0.1) is 0 Å². The van der Waals surface area contributed by atoms with Crippen LogP contribution in [-0.4, -0.2) is 46.3 Å². The molecule has 2 aliphatic heterocycles. The summed E-state index contributed by atoms with van der Waals surface area (Å²) in [5.41, 5.74) is 3.69. The number of hydrogen-bond donors (Lipinski definition) is 0. The molecule has 4 atom stereocenters. The van der Waals surface area contributed by atoms with Crippen LogP contribution in [0.1, 0.15) is 53.4 Å². The zero-order valence-electron chi connectivity index (χ0n) is 12.9. The van der Waals surface area contributed by atoms with Gasteiger partial charge in [0.2, 0.25) is 0 Å². The highest BCUT2D eigenvalue weighted by Crippen LogP contribution is 2.64. The molecule has 0 saturated carbocycles. The Morgan fingerprint density at radius 2 is 0.833 bits per heavy atom. The van der Waals surface area contributed by atoms with Gasteiger partial charge in [0, 0.05) is 14.1 Å². The van der Waals surface area contributed by atoms with E-state index in [9.17, 15) is 0 Å². The summed E-state index contributed by atoms with van der Waals surface area (Å²) in [5, 5.41) is 0. The van der Waals surface area contributed by atoms with Crippen LogP contribution in [-0.2, 0) is 0 Å². The molecule has 0 aromatic rings. The molecule has 0 aromatic heterocycles. The summed E-state index contributed by atoms with van der Waals surface area (Å²) < 4.78 is 5.34. The van der Waals surface area contributed by atoms with Gasteiger partial charge < -0.3 is 0 Å². The van der Waals surface area contributed by atoms with Crippen LogP contribution in [0.4, 0.5) is 0 Å². The first-order valence-electron chi connectivity index (χ1n) is 7.47. The molecule has 2 fully saturated rings. The lowest BCUT2D eigenvalue weighted by atomic mass is 10.2. The third-order valence-corrected chi connectivity index (χ3v) is 11.6. The molecule has 4 heteroatoms. The average Bonchev–Trinajstić information content (AvgIpc) is 2.81. The highest BCUT2D eigenvalue weighted by atomic mass is 31.1. The van der Waals surface area contributed by atoms with E-state index in [2.05, 4.69) is 51.3 Å². The molecule has 2 nitrogen and oxygen atoms in total. The lowest BCUT2D eigenvalue weighted by Crippen LogP contribution is -2.34. The normalized spacial score (nSPS) is 39.3. The van der Waals surface area contributed by atoms with E-state index in [1.165, 1.54) is 25.7 Å². The molecule has 2 heterocycles. The van der Waals surface area contributed by atoms with Crippen LogP contribution in [0.15, 0.2) is 0 Å². The van der Waals surface area contributed by atoms with Crippen molar-refractivity contribution >= 4 is 16.1 Å². The smallest absolute Gasteiger partial charge is 0.00628 e. The zero-order chi connectivity index (χ0) is 13.4. The van der Waals surface area contributed by atoms with Crippen molar-refractivity contribution in [3.63, 3.8) is 0 Å². The van der Waals surface area contributed by atoms with Crippen LogP contribution < -0.4 is 0 Å². The Hall–Kier alpha value is 0.780. The fraction of sp³-hybridized carbons (Fsp3) is 1.00. The maximum atomic E-state index is 2.67. The average molecular weight is 288 g/mol. The van der Waals surface area contributed by atoms with Crippen LogP contribution in [0.5, 0.6) is 0 Å². The van der Waals surface area contributed by atoms with Gasteiger partial charge >= 0.3 is 0 Å². The standard InChI is InChI=1S/C14H30N2P2/c1-11-7-8-12(2)17(11)15(5)16(6)18-13(3)9-10-14(18)4/h11-14H,7-10H2,1-6H3/t11-,12-,13-,14-/m1/s1. The molecule has 18 heavy (non-hydrogen) atoms. The van der Waals surface area contributed by atoms with Crippen molar-refractivity contribution in [1.29, 1.82) is 0 Å². The fourth-order valence-corrected chi connectivity index (χ4v) is 10.6. The topological polar surface area (TPSA) is 6.48 Å². The molecule has 0 bridgehead atoms. The van der Waals surface area contributed by atoms with Gasteiger partial charge in [0.15, 0.2) is 0 Å². The molecule has 0 radical (unpaired) electrons. The summed E-state index contributed by atoms with van der Waals surface area (Å²) >= 11 is 0. The summed E-state index contributed by atoms with van der Waals surface area (Å²) in [7, 11) is 4.84. The molecule has 0 aromatic carbocycles. The summed E-state index contributed by atoms with van der Waals surface area (Å²) in [4.78, 5) is 0. The molecule has 2 saturated heterocycles. The van der Waals surface area contributed by atoms with Gasteiger partial charge in [-0.15, -0.1) is 0 Å². The van der Waals surface area contributed by atoms with Crippen molar-refractivity contribution < 1.29 is 0 Å². The SMILES string of the molecule is C[C@@H]1CC[C@@H](C)P1N(C)N(C)P1[C@H](C)CC[C@H]1C. The molecule has 0 unspecified atom stereocenters. The largest absolute Gasteiger partial charge is 0.219 e. The number of rotatable bonds is 3. The van der Waals surface area contributed by atoms with E-state index in [-0.39, 0.29) is 16.1 Å². The third kappa shape index (κ3) is 2.78. The van der Waals surface area contributed by atoms with Gasteiger partial charge in [-0.3, -0.25) is 0 Å². The van der Waals surface area contributed by atoms with Crippen LogP contribution in [0.2, 0.25) is 0 Å². The second-order valence-electron chi connectivity index (χ2n) is 6.29. The molecule has 0 N–H and O–H groups in total. The van der Waals surface area contributed by atoms with Gasteiger partial charge in [-0.05, 0) is 64.5 Å². The number of hydrazine groups is 1. The molecular weight excluding hydrogens is 258 g/mol. The number of nitrogens with zero attached hydrogens (tertiary/aromatic N) is 2. The minimum absolute atomic E-state index is 0.0531. The van der Waals surface area contributed by atoms with Crippen LogP contribution >= 0.6 is 16.1 Å². The van der Waals surface area contributed by atoms with Crippen LogP contribution in [0.25, 0.3) is 0 Å². The molecule has 0 aliphatic carbocycles. The van der Waals surface area contributed by atoms with Crippen molar-refractivity contribution in [3.05, 3.63) is 0 Å². The Bertz CT molecular complexity index is 239. The highest BCUT2D eigenvalue weighted by molar-refractivity contribution is 7.60. The Labute approximate surface area is 116 Å². The van der Waals surface area contributed by atoms with Crippen molar-refractivity contribution in [3.8, 4) is 0 Å². The van der Waals surface area contributed by atoms with E-state index in [0.717, 1.165) is 22.6 Å². The van der Waals surface area contributed by atoms with E-state index >= 15 is 0 Å². The van der Waals surface area contributed by atoms with Gasteiger partial charge in [0.25, 0.3) is 0 Å². The lowest BCUT2D eigenvalue weighted by molar-refractivity contribution is 0.258. The number of hydrogen-bond acceptors (Lipinski definition) is 2. The monoisotopic (exact) mass is 288 g/mol. The first kappa shape index (κ1) is 15.2. The van der Waals surface area contributed by atoms with Crippen molar-refractivity contribution in [1.82, 2.24) is 9.56 Å². The van der Waals surface area contributed by atoms with Gasteiger partial charge in [-0.1, -0.05) is 27.7 Å². The van der Waals surface area contributed by atoms with E-state index in [4.69, 9.17) is 0 Å². The van der Waals surface area contributed by atoms with E-state index in [1.54, 1.807) is 0 Å².